The van der Waals surface area contributed by atoms with Crippen molar-refractivity contribution in [1.82, 2.24) is 4.98 Å². The van der Waals surface area contributed by atoms with E-state index in [4.69, 9.17) is 0 Å². The zero-order valence-electron chi connectivity index (χ0n) is 12.9. The van der Waals surface area contributed by atoms with Crippen LogP contribution in [0.15, 0.2) is 54.6 Å². The van der Waals surface area contributed by atoms with Gasteiger partial charge in [-0.15, -0.1) is 0 Å². The average molecular weight is 275 g/mol. The lowest BCUT2D eigenvalue weighted by Gasteiger charge is -1.98. The molecule has 1 heteroatoms. The second kappa shape index (κ2) is 5.61. The van der Waals surface area contributed by atoms with Gasteiger partial charge in [0, 0.05) is 21.7 Å². The minimum Gasteiger partial charge on any atom is -0.354 e. The summed E-state index contributed by atoms with van der Waals surface area (Å²) in [6.45, 7) is 6.40. The third-order valence-corrected chi connectivity index (χ3v) is 3.74. The zero-order chi connectivity index (χ0) is 14.8. The summed E-state index contributed by atoms with van der Waals surface area (Å²) < 4.78 is 0. The van der Waals surface area contributed by atoms with Crippen molar-refractivity contribution in [2.45, 2.75) is 27.2 Å². The molecule has 1 heterocycles. The second-order valence-electron chi connectivity index (χ2n) is 5.54. The molecule has 1 N–H and O–H groups in total. The van der Waals surface area contributed by atoms with E-state index in [9.17, 15) is 0 Å². The number of hydrogen-bond donors (Lipinski definition) is 1. The van der Waals surface area contributed by atoms with E-state index in [1.165, 1.54) is 44.6 Å². The summed E-state index contributed by atoms with van der Waals surface area (Å²) >= 11 is 0. The highest BCUT2D eigenvalue weighted by molar-refractivity contribution is 6.17. The first kappa shape index (κ1) is 13.7. The first-order valence-corrected chi connectivity index (χ1v) is 7.65. The van der Waals surface area contributed by atoms with Gasteiger partial charge >= 0.3 is 0 Å². The molecule has 1 aromatic heterocycles. The van der Waals surface area contributed by atoms with Crippen LogP contribution in [0.5, 0.6) is 0 Å². The number of fused-ring (bicyclic) bond motifs is 5. The van der Waals surface area contributed by atoms with Crippen molar-refractivity contribution in [2.24, 2.45) is 0 Å². The third kappa shape index (κ3) is 2.29. The molecule has 0 saturated carbocycles. The highest BCUT2D eigenvalue weighted by Crippen LogP contribution is 2.32. The third-order valence-electron chi connectivity index (χ3n) is 3.74. The number of aromatic amines is 1. The molecule has 4 aromatic rings. The van der Waals surface area contributed by atoms with Gasteiger partial charge in [-0.25, -0.2) is 0 Å². The Bertz CT molecular complexity index is 900. The highest BCUT2D eigenvalue weighted by Gasteiger charge is 2.07. The van der Waals surface area contributed by atoms with Crippen molar-refractivity contribution < 1.29 is 0 Å². The molecule has 1 nitrogen and oxygen atoms in total. The molecule has 0 fully saturated rings. The van der Waals surface area contributed by atoms with Crippen molar-refractivity contribution in [2.75, 3.05) is 0 Å². The van der Waals surface area contributed by atoms with E-state index in [-0.39, 0.29) is 0 Å². The van der Waals surface area contributed by atoms with E-state index in [1.54, 1.807) is 0 Å². The van der Waals surface area contributed by atoms with Crippen LogP contribution in [0.2, 0.25) is 0 Å². The largest absolute Gasteiger partial charge is 0.354 e. The number of para-hydroxylation sites is 1. The normalized spacial score (nSPS) is 10.8. The van der Waals surface area contributed by atoms with Crippen LogP contribution in [0.25, 0.3) is 32.6 Å². The maximum atomic E-state index is 3.59. The summed E-state index contributed by atoms with van der Waals surface area (Å²) in [6, 6.07) is 19.4. The quantitative estimate of drug-likeness (QED) is 0.393. The van der Waals surface area contributed by atoms with Crippen molar-refractivity contribution in [3.8, 4) is 0 Å². The van der Waals surface area contributed by atoms with Gasteiger partial charge in [0.1, 0.15) is 0 Å². The predicted molar refractivity (Wildman–Crippen MR) is 94.0 cm³/mol. The van der Waals surface area contributed by atoms with Crippen molar-refractivity contribution in [3.05, 3.63) is 60.2 Å². The SMILES string of the molecule is CCC.Cc1cccc2c1[nH]c1c3ccccc3ccc21. The van der Waals surface area contributed by atoms with Crippen molar-refractivity contribution in [1.29, 1.82) is 0 Å². The topological polar surface area (TPSA) is 15.8 Å². The number of benzene rings is 3. The molecule has 0 unspecified atom stereocenters. The molecule has 0 saturated heterocycles. The Morgan fingerprint density at radius 3 is 2.19 bits per heavy atom. The van der Waals surface area contributed by atoms with Crippen LogP contribution in [0, 0.1) is 6.92 Å². The van der Waals surface area contributed by atoms with Crippen LogP contribution in [-0.4, -0.2) is 4.98 Å². The molecule has 0 atom stereocenters. The van der Waals surface area contributed by atoms with Crippen molar-refractivity contribution >= 4 is 32.6 Å². The maximum absolute atomic E-state index is 3.59. The van der Waals surface area contributed by atoms with Gasteiger partial charge in [0.2, 0.25) is 0 Å². The Morgan fingerprint density at radius 1 is 0.714 bits per heavy atom. The molecule has 0 spiro atoms. The van der Waals surface area contributed by atoms with Crippen LogP contribution in [0.3, 0.4) is 0 Å². The lowest BCUT2D eigenvalue weighted by Crippen LogP contribution is -1.74. The predicted octanol–water partition coefficient (Wildman–Crippen LogP) is 6.20. The summed E-state index contributed by atoms with van der Waals surface area (Å²) in [5, 5.41) is 5.21. The Labute approximate surface area is 125 Å². The van der Waals surface area contributed by atoms with Gasteiger partial charge in [-0.3, -0.25) is 0 Å². The molecule has 4 rings (SSSR count). The second-order valence-corrected chi connectivity index (χ2v) is 5.54. The van der Waals surface area contributed by atoms with Gasteiger partial charge in [-0.05, 0) is 17.9 Å². The Hall–Kier alpha value is -2.28. The number of hydrogen-bond acceptors (Lipinski definition) is 0. The summed E-state index contributed by atoms with van der Waals surface area (Å²) in [6.07, 6.45) is 1.25. The van der Waals surface area contributed by atoms with E-state index in [1.807, 2.05) is 0 Å². The number of aromatic nitrogens is 1. The molecular formula is C20H21N. The van der Waals surface area contributed by atoms with E-state index < -0.39 is 0 Å². The lowest BCUT2D eigenvalue weighted by atomic mass is 10.1. The standard InChI is InChI=1S/C17H13N.C3H8/c1-11-5-4-8-14-15-10-9-12-6-2-3-7-13(12)17(15)18-16(11)14;1-3-2/h2-10,18H,1H3;3H2,1-2H3. The van der Waals surface area contributed by atoms with Gasteiger partial charge in [0.25, 0.3) is 0 Å². The van der Waals surface area contributed by atoms with Crippen LogP contribution in [0.4, 0.5) is 0 Å². The molecule has 0 radical (unpaired) electrons. The summed E-state index contributed by atoms with van der Waals surface area (Å²) in [7, 11) is 0. The molecule has 0 amide bonds. The fraction of sp³-hybridized carbons (Fsp3) is 0.200. The highest BCUT2D eigenvalue weighted by atomic mass is 14.7. The summed E-state index contributed by atoms with van der Waals surface area (Å²) in [5.41, 5.74) is 3.80. The molecule has 106 valence electrons. The van der Waals surface area contributed by atoms with E-state index in [2.05, 4.69) is 80.4 Å². The number of aryl methyl sites for hydroxylation is 1. The van der Waals surface area contributed by atoms with Gasteiger partial charge in [0.05, 0.1) is 5.52 Å². The van der Waals surface area contributed by atoms with E-state index in [0.29, 0.717) is 0 Å². The van der Waals surface area contributed by atoms with E-state index in [0.717, 1.165) is 0 Å². The molecule has 21 heavy (non-hydrogen) atoms. The van der Waals surface area contributed by atoms with E-state index >= 15 is 0 Å². The summed E-state index contributed by atoms with van der Waals surface area (Å²) in [5.74, 6) is 0. The molecular weight excluding hydrogens is 254 g/mol. The van der Waals surface area contributed by atoms with Gasteiger partial charge < -0.3 is 4.98 Å². The van der Waals surface area contributed by atoms with Crippen molar-refractivity contribution in [3.63, 3.8) is 0 Å². The minimum atomic E-state index is 1.25. The monoisotopic (exact) mass is 275 g/mol. The van der Waals surface area contributed by atoms with Gasteiger partial charge in [-0.1, -0.05) is 74.9 Å². The fourth-order valence-corrected chi connectivity index (χ4v) is 2.81. The molecule has 0 aliphatic carbocycles. The van der Waals surface area contributed by atoms with Crippen LogP contribution >= 0.6 is 0 Å². The average Bonchev–Trinajstić information content (AvgIpc) is 2.89. The molecule has 0 aliphatic rings. The van der Waals surface area contributed by atoms with Gasteiger partial charge in [-0.2, -0.15) is 0 Å². The van der Waals surface area contributed by atoms with Crippen LogP contribution < -0.4 is 0 Å². The van der Waals surface area contributed by atoms with Crippen LogP contribution in [-0.2, 0) is 0 Å². The zero-order valence-corrected chi connectivity index (χ0v) is 12.9. The Morgan fingerprint density at radius 2 is 1.38 bits per heavy atom. The molecule has 0 bridgehead atoms. The summed E-state index contributed by atoms with van der Waals surface area (Å²) in [4.78, 5) is 3.59. The minimum absolute atomic E-state index is 1.25. The maximum Gasteiger partial charge on any atom is 0.0544 e. The molecule has 3 aromatic carbocycles. The first-order chi connectivity index (χ1) is 10.3. The number of rotatable bonds is 0. The van der Waals surface area contributed by atoms with Gasteiger partial charge in [0.15, 0.2) is 0 Å². The first-order valence-electron chi connectivity index (χ1n) is 7.65. The van der Waals surface area contributed by atoms with Crippen LogP contribution in [0.1, 0.15) is 25.8 Å². The smallest absolute Gasteiger partial charge is 0.0544 e. The fourth-order valence-electron chi connectivity index (χ4n) is 2.81. The molecule has 0 aliphatic heterocycles. The Kier molecular flexibility index (Phi) is 3.66. The number of H-pyrrole nitrogens is 1. The number of nitrogens with one attached hydrogen (secondary N) is 1. The Balaban J connectivity index is 0.000000409. The lowest BCUT2D eigenvalue weighted by molar-refractivity contribution is 1.09.